The molecule has 0 radical (unpaired) electrons. The second-order valence-corrected chi connectivity index (χ2v) is 18.7. The van der Waals surface area contributed by atoms with Crippen LogP contribution < -0.4 is 14.2 Å². The highest BCUT2D eigenvalue weighted by molar-refractivity contribution is 5.87. The topological polar surface area (TPSA) is 170 Å². The molecule has 0 saturated carbocycles. The van der Waals surface area contributed by atoms with Crippen LogP contribution in [0.2, 0.25) is 0 Å². The number of para-hydroxylation sites is 2. The largest absolute Gasteiger partial charge is 0.618 e. The average molecular weight is 855 g/mol. The van der Waals surface area contributed by atoms with E-state index >= 15 is 0 Å². The van der Waals surface area contributed by atoms with Gasteiger partial charge < -0.3 is 33.6 Å². The summed E-state index contributed by atoms with van der Waals surface area (Å²) in [4.78, 5) is 58.4. The third-order valence-corrected chi connectivity index (χ3v) is 12.0. The lowest BCUT2D eigenvalue weighted by Gasteiger charge is -2.36. The molecule has 15 heteroatoms. The van der Waals surface area contributed by atoms with Crippen molar-refractivity contribution in [1.82, 2.24) is 14.8 Å². The number of likely N-dealkylation sites (tertiary alicyclic amines) is 2. The summed E-state index contributed by atoms with van der Waals surface area (Å²) in [5.74, 6) is 0.368. The second-order valence-electron chi connectivity index (χ2n) is 18.7. The van der Waals surface area contributed by atoms with Crippen LogP contribution >= 0.6 is 0 Å². The molecule has 0 bridgehead atoms. The Hall–Kier alpha value is -5.86. The van der Waals surface area contributed by atoms with E-state index in [1.807, 2.05) is 57.2 Å². The lowest BCUT2D eigenvalue weighted by molar-refractivity contribution is -0.584. The van der Waals surface area contributed by atoms with Crippen molar-refractivity contribution in [2.45, 2.75) is 135 Å². The van der Waals surface area contributed by atoms with Gasteiger partial charge in [0.1, 0.15) is 40.2 Å². The number of fused-ring (bicyclic) bond motifs is 6. The molecule has 2 aromatic heterocycles. The summed E-state index contributed by atoms with van der Waals surface area (Å²) in [7, 11) is 2.64. The summed E-state index contributed by atoms with van der Waals surface area (Å²) in [6.45, 7) is 15.0. The Morgan fingerprint density at radius 3 is 1.73 bits per heavy atom. The monoisotopic (exact) mass is 854 g/mol. The molecule has 8 rings (SSSR count). The van der Waals surface area contributed by atoms with Crippen LogP contribution in [-0.4, -0.2) is 101 Å². The molecule has 4 atom stereocenters. The first-order valence-corrected chi connectivity index (χ1v) is 21.3. The van der Waals surface area contributed by atoms with E-state index in [2.05, 4.69) is 13.0 Å². The predicted molar refractivity (Wildman–Crippen MR) is 229 cm³/mol. The van der Waals surface area contributed by atoms with Crippen molar-refractivity contribution in [3.05, 3.63) is 76.3 Å². The van der Waals surface area contributed by atoms with E-state index in [1.54, 1.807) is 33.8 Å². The fourth-order valence-electron chi connectivity index (χ4n) is 9.19. The Kier molecular flexibility index (Phi) is 11.7. The molecule has 4 aliphatic rings. The van der Waals surface area contributed by atoms with Crippen molar-refractivity contribution in [2.75, 3.05) is 27.3 Å². The number of methoxy groups -OCH3 is 2. The van der Waals surface area contributed by atoms with Crippen LogP contribution in [0.15, 0.2) is 48.5 Å². The standard InChI is InChI=1S/C24H30N2O5.C23H28N2O6/c1-6-17-20-16(15-9-7-8-10-18(15)25-17)11-12-24(30-20)13-19(21(27)29-5)26(14-24)22(28)31-23(2,3)4;1-14-19-16(15-8-6-7-9-17(15)25(14)28)10-11-23(30-19)12-18(20(26)29-5)24(13-23)21(27)31-22(2,3)4/h7-10,19H,6,11-14H2,1-5H3;6-9,18H,10-13H2,1-5H3/t19-,24?;18-,23?/m00/s1. The summed E-state index contributed by atoms with van der Waals surface area (Å²) in [5.41, 5.74) is 2.26. The normalized spacial score (nSPS) is 22.9. The van der Waals surface area contributed by atoms with E-state index in [4.69, 9.17) is 33.4 Å². The second kappa shape index (κ2) is 16.4. The summed E-state index contributed by atoms with van der Waals surface area (Å²) < 4.78 is 35.0. The number of rotatable bonds is 3. The number of amides is 2. The van der Waals surface area contributed by atoms with Crippen LogP contribution in [0, 0.1) is 12.1 Å². The molecule has 0 N–H and O–H groups in total. The van der Waals surface area contributed by atoms with E-state index in [0.29, 0.717) is 42.6 Å². The number of ether oxygens (including phenoxy) is 6. The van der Waals surface area contributed by atoms with Crippen molar-refractivity contribution in [2.24, 2.45) is 0 Å². The maximum atomic E-state index is 12.9. The van der Waals surface area contributed by atoms with Crippen LogP contribution in [0.4, 0.5) is 9.59 Å². The van der Waals surface area contributed by atoms with Crippen LogP contribution in [0.3, 0.4) is 0 Å². The highest BCUT2D eigenvalue weighted by atomic mass is 16.6. The Balaban J connectivity index is 0.000000186. The fourth-order valence-corrected chi connectivity index (χ4v) is 9.19. The van der Waals surface area contributed by atoms with Gasteiger partial charge in [0.2, 0.25) is 11.2 Å². The van der Waals surface area contributed by atoms with Crippen molar-refractivity contribution < 1.29 is 52.3 Å². The zero-order valence-corrected chi connectivity index (χ0v) is 37.4. The number of hydrogen-bond acceptors (Lipinski definition) is 12. The molecule has 2 aromatic carbocycles. The highest BCUT2D eigenvalue weighted by Gasteiger charge is 2.55. The van der Waals surface area contributed by atoms with Crippen LogP contribution in [0.25, 0.3) is 21.8 Å². The van der Waals surface area contributed by atoms with Crippen molar-refractivity contribution in [3.8, 4) is 11.5 Å². The predicted octanol–water partition coefficient (Wildman–Crippen LogP) is 7.07. The Labute approximate surface area is 362 Å². The number of hydrogen-bond donors (Lipinski definition) is 0. The molecule has 2 saturated heterocycles. The maximum absolute atomic E-state index is 12.9. The lowest BCUT2D eigenvalue weighted by Crippen LogP contribution is -2.46. The summed E-state index contributed by atoms with van der Waals surface area (Å²) >= 11 is 0. The highest BCUT2D eigenvalue weighted by Crippen LogP contribution is 2.46. The van der Waals surface area contributed by atoms with Gasteiger partial charge in [-0.1, -0.05) is 37.3 Å². The molecule has 2 spiro atoms. The van der Waals surface area contributed by atoms with Crippen molar-refractivity contribution in [1.29, 1.82) is 0 Å². The van der Waals surface area contributed by atoms with Crippen molar-refractivity contribution in [3.63, 3.8) is 0 Å². The van der Waals surface area contributed by atoms with Crippen molar-refractivity contribution >= 4 is 45.9 Å². The third kappa shape index (κ3) is 8.50. The molecular formula is C47H58N4O11. The number of esters is 2. The van der Waals surface area contributed by atoms with Gasteiger partial charge in [0.25, 0.3) is 0 Å². The molecular weight excluding hydrogens is 797 g/mol. The van der Waals surface area contributed by atoms with E-state index in [1.165, 1.54) is 24.0 Å². The molecule has 4 aromatic rings. The number of carbonyl (C=O) groups is 4. The number of pyridine rings is 2. The SMILES string of the molecule is CCc1nc2ccccc2c2c1OC1(CC2)C[C@@H](C(=O)OC)N(C(=O)OC(C)(C)C)C1.COC(=O)[C@@H]1CC2(CCc3c(c(C)[n+]([O-])c4ccccc34)O2)CN1C(=O)OC(C)(C)C. The summed E-state index contributed by atoms with van der Waals surface area (Å²) in [6, 6.07) is 14.0. The number of nitrogens with zero attached hydrogens (tertiary/aromatic N) is 4. The molecule has 6 heterocycles. The minimum Gasteiger partial charge on any atom is -0.618 e. The Morgan fingerprint density at radius 1 is 0.758 bits per heavy atom. The van der Waals surface area contributed by atoms with E-state index in [0.717, 1.165) is 56.4 Å². The third-order valence-electron chi connectivity index (χ3n) is 12.0. The molecule has 4 aliphatic heterocycles. The van der Waals surface area contributed by atoms with Gasteiger partial charge in [0.05, 0.1) is 43.9 Å². The van der Waals surface area contributed by atoms with E-state index in [9.17, 15) is 24.4 Å². The molecule has 62 heavy (non-hydrogen) atoms. The molecule has 2 fully saturated rings. The van der Waals surface area contributed by atoms with E-state index < -0.39 is 58.6 Å². The maximum Gasteiger partial charge on any atom is 0.411 e. The van der Waals surface area contributed by atoms with Crippen LogP contribution in [0.5, 0.6) is 11.5 Å². The average Bonchev–Trinajstić information content (AvgIpc) is 3.80. The van der Waals surface area contributed by atoms with Gasteiger partial charge in [0.15, 0.2) is 5.75 Å². The van der Waals surface area contributed by atoms with Gasteiger partial charge in [-0.25, -0.2) is 24.2 Å². The molecule has 2 amide bonds. The number of aromatic nitrogens is 2. The van der Waals surface area contributed by atoms with Crippen LogP contribution in [0.1, 0.15) is 96.7 Å². The summed E-state index contributed by atoms with van der Waals surface area (Å²) in [6.07, 6.45) is 3.06. The Bertz CT molecular complexity index is 2420. The van der Waals surface area contributed by atoms with Gasteiger partial charge in [0, 0.05) is 42.3 Å². The summed E-state index contributed by atoms with van der Waals surface area (Å²) in [5, 5.41) is 14.8. The molecule has 15 nitrogen and oxygen atoms in total. The van der Waals surface area contributed by atoms with Gasteiger partial charge in [-0.3, -0.25) is 9.80 Å². The lowest BCUT2D eigenvalue weighted by atomic mass is 9.87. The quantitative estimate of drug-likeness (QED) is 0.0891. The number of carbonyl (C=O) groups excluding carboxylic acids is 4. The molecule has 0 aliphatic carbocycles. The van der Waals surface area contributed by atoms with Gasteiger partial charge >= 0.3 is 24.1 Å². The first-order chi connectivity index (χ1) is 29.2. The zero-order valence-electron chi connectivity index (χ0n) is 37.4. The Morgan fingerprint density at radius 2 is 1.23 bits per heavy atom. The minimum atomic E-state index is -0.804. The molecule has 332 valence electrons. The first kappa shape index (κ1) is 44.2. The first-order valence-electron chi connectivity index (χ1n) is 21.3. The van der Waals surface area contributed by atoms with Gasteiger partial charge in [-0.05, 0) is 85.8 Å². The molecule has 2 unspecified atom stereocenters. The van der Waals surface area contributed by atoms with Gasteiger partial charge in [-0.2, -0.15) is 4.73 Å². The number of benzene rings is 2. The number of aryl methyl sites for hydroxylation is 3. The van der Waals surface area contributed by atoms with E-state index in [-0.39, 0.29) is 19.5 Å². The van der Waals surface area contributed by atoms with Crippen LogP contribution in [-0.2, 0) is 47.8 Å². The van der Waals surface area contributed by atoms with Gasteiger partial charge in [-0.15, -0.1) is 0 Å². The zero-order chi connectivity index (χ0) is 44.9. The minimum absolute atomic E-state index is 0.187. The fraction of sp³-hybridized carbons (Fsp3) is 0.532. The smallest absolute Gasteiger partial charge is 0.411 e.